The number of likely N-dealkylation sites (tertiary alicyclic amines) is 1. The van der Waals surface area contributed by atoms with Crippen molar-refractivity contribution >= 4 is 11.6 Å². The zero-order valence-corrected chi connectivity index (χ0v) is 12.0. The Labute approximate surface area is 121 Å². The van der Waals surface area contributed by atoms with Crippen molar-refractivity contribution in [1.29, 1.82) is 0 Å². The van der Waals surface area contributed by atoms with Crippen LogP contribution >= 0.6 is 0 Å². The molecule has 0 aliphatic carbocycles. The zero-order chi connectivity index (χ0) is 15.7. The highest BCUT2D eigenvalue weighted by Gasteiger charge is 2.36. The normalized spacial score (nSPS) is 22.1. The summed E-state index contributed by atoms with van der Waals surface area (Å²) in [6.45, 7) is 0.641. The fourth-order valence-electron chi connectivity index (χ4n) is 2.66. The lowest BCUT2D eigenvalue weighted by atomic mass is 10.1. The topological polar surface area (TPSA) is 69.8 Å². The van der Waals surface area contributed by atoms with Gasteiger partial charge in [0.1, 0.15) is 5.82 Å². The van der Waals surface area contributed by atoms with Gasteiger partial charge in [0.2, 0.25) is 0 Å². The number of carbonyl (C=O) groups is 1. The van der Waals surface area contributed by atoms with Crippen molar-refractivity contribution in [3.63, 3.8) is 0 Å². The minimum absolute atomic E-state index is 0.104. The van der Waals surface area contributed by atoms with Gasteiger partial charge in [-0.15, -0.1) is 0 Å². The number of hydrogen-bond acceptors (Lipinski definition) is 4. The number of rotatable bonds is 3. The van der Waals surface area contributed by atoms with Crippen LogP contribution in [0.2, 0.25) is 0 Å². The quantitative estimate of drug-likeness (QED) is 0.806. The van der Waals surface area contributed by atoms with Crippen LogP contribution in [-0.4, -0.2) is 60.1 Å². The fourth-order valence-corrected chi connectivity index (χ4v) is 2.66. The summed E-state index contributed by atoms with van der Waals surface area (Å²) in [5, 5.41) is 9.75. The van der Waals surface area contributed by atoms with Crippen molar-refractivity contribution in [3.8, 4) is 0 Å². The Bertz CT molecular complexity index is 551. The van der Waals surface area contributed by atoms with Crippen molar-refractivity contribution in [2.75, 3.05) is 32.9 Å². The molecule has 2 atom stereocenters. The van der Waals surface area contributed by atoms with Gasteiger partial charge in [0.15, 0.2) is 5.82 Å². The molecule has 1 aliphatic heterocycles. The number of β-amino-alcohol motifs (C(OH)–C–C–N with tert-alkyl or cyclic N) is 1. The maximum absolute atomic E-state index is 14.0. The first-order valence-electron chi connectivity index (χ1n) is 6.68. The summed E-state index contributed by atoms with van der Waals surface area (Å²) in [6, 6.07) is 1.43. The molecule has 3 N–H and O–H groups in total. The Morgan fingerprint density at radius 1 is 1.48 bits per heavy atom. The summed E-state index contributed by atoms with van der Waals surface area (Å²) in [5.74, 6) is -2.34. The van der Waals surface area contributed by atoms with E-state index >= 15 is 0 Å². The number of hydrogen-bond donors (Lipinski definition) is 2. The maximum atomic E-state index is 14.0. The van der Waals surface area contributed by atoms with E-state index in [1.54, 1.807) is 0 Å². The lowest BCUT2D eigenvalue weighted by Gasteiger charge is -2.27. The third-order valence-electron chi connectivity index (χ3n) is 3.53. The smallest absolute Gasteiger partial charge is 0.257 e. The summed E-state index contributed by atoms with van der Waals surface area (Å²) < 4.78 is 27.3. The third-order valence-corrected chi connectivity index (χ3v) is 3.53. The summed E-state index contributed by atoms with van der Waals surface area (Å²) in [5.41, 5.74) is 4.56. The number of aliphatic hydroxyl groups is 1. The molecule has 116 valence electrons. The largest absolute Gasteiger partial charge is 0.396 e. The number of benzene rings is 1. The fraction of sp³-hybridized carbons (Fsp3) is 0.500. The highest BCUT2D eigenvalue weighted by molar-refractivity contribution is 5.96. The monoisotopic (exact) mass is 299 g/mol. The minimum atomic E-state index is -0.925. The van der Waals surface area contributed by atoms with Crippen molar-refractivity contribution in [2.45, 2.75) is 18.6 Å². The summed E-state index contributed by atoms with van der Waals surface area (Å²) in [7, 11) is 3.68. The third kappa shape index (κ3) is 3.30. The Balaban J connectivity index is 2.30. The molecule has 0 spiro atoms. The van der Waals surface area contributed by atoms with Crippen LogP contribution in [0.4, 0.5) is 14.5 Å². The van der Waals surface area contributed by atoms with Crippen molar-refractivity contribution in [1.82, 2.24) is 9.80 Å². The SMILES string of the molecule is CN(C)CC1CC(O)CN1C(=O)c1cc(F)cc(N)c1F. The van der Waals surface area contributed by atoms with Gasteiger partial charge in [-0.1, -0.05) is 0 Å². The first-order valence-corrected chi connectivity index (χ1v) is 6.68. The van der Waals surface area contributed by atoms with Crippen LogP contribution in [0.25, 0.3) is 0 Å². The zero-order valence-electron chi connectivity index (χ0n) is 12.0. The number of amides is 1. The second-order valence-corrected chi connectivity index (χ2v) is 5.62. The minimum Gasteiger partial charge on any atom is -0.396 e. The molecule has 1 aromatic carbocycles. The molecule has 5 nitrogen and oxygen atoms in total. The van der Waals surface area contributed by atoms with E-state index in [4.69, 9.17) is 5.73 Å². The van der Waals surface area contributed by atoms with Gasteiger partial charge in [-0.3, -0.25) is 4.79 Å². The molecule has 1 aliphatic rings. The molecule has 0 radical (unpaired) electrons. The number of likely N-dealkylation sites (N-methyl/N-ethyl adjacent to an activating group) is 1. The van der Waals surface area contributed by atoms with Crippen LogP contribution in [-0.2, 0) is 0 Å². The second-order valence-electron chi connectivity index (χ2n) is 5.62. The maximum Gasteiger partial charge on any atom is 0.257 e. The lowest BCUT2D eigenvalue weighted by Crippen LogP contribution is -2.41. The number of nitrogen functional groups attached to an aromatic ring is 1. The van der Waals surface area contributed by atoms with E-state index in [0.29, 0.717) is 13.0 Å². The van der Waals surface area contributed by atoms with Crippen LogP contribution in [0.5, 0.6) is 0 Å². The van der Waals surface area contributed by atoms with Gasteiger partial charge in [0.05, 0.1) is 17.4 Å². The Morgan fingerprint density at radius 2 is 2.14 bits per heavy atom. The van der Waals surface area contributed by atoms with Crippen molar-refractivity contribution < 1.29 is 18.7 Å². The van der Waals surface area contributed by atoms with Gasteiger partial charge in [0.25, 0.3) is 5.91 Å². The highest BCUT2D eigenvalue weighted by Crippen LogP contribution is 2.24. The lowest BCUT2D eigenvalue weighted by molar-refractivity contribution is 0.0694. The molecule has 2 rings (SSSR count). The molecule has 1 fully saturated rings. The molecular formula is C14H19F2N3O2. The molecule has 0 saturated carbocycles. The molecule has 1 saturated heterocycles. The number of carbonyl (C=O) groups excluding carboxylic acids is 1. The Morgan fingerprint density at radius 3 is 2.76 bits per heavy atom. The molecule has 2 unspecified atom stereocenters. The molecular weight excluding hydrogens is 280 g/mol. The van der Waals surface area contributed by atoms with Crippen molar-refractivity contribution in [2.24, 2.45) is 0 Å². The first kappa shape index (κ1) is 15.7. The van der Waals surface area contributed by atoms with E-state index in [-0.39, 0.29) is 12.6 Å². The summed E-state index contributed by atoms with van der Waals surface area (Å²) >= 11 is 0. The molecule has 1 aromatic rings. The first-order chi connectivity index (χ1) is 9.79. The average molecular weight is 299 g/mol. The van der Waals surface area contributed by atoms with E-state index in [1.165, 1.54) is 4.90 Å². The van der Waals surface area contributed by atoms with E-state index in [0.717, 1.165) is 12.1 Å². The number of aliphatic hydroxyl groups excluding tert-OH is 1. The van der Waals surface area contributed by atoms with Gasteiger partial charge < -0.3 is 20.6 Å². The molecule has 0 bridgehead atoms. The van der Waals surface area contributed by atoms with Gasteiger partial charge in [0, 0.05) is 19.1 Å². The van der Waals surface area contributed by atoms with Crippen LogP contribution < -0.4 is 5.73 Å². The predicted octanol–water partition coefficient (Wildman–Crippen LogP) is 0.684. The van der Waals surface area contributed by atoms with E-state index in [9.17, 15) is 18.7 Å². The number of anilines is 1. The van der Waals surface area contributed by atoms with Gasteiger partial charge >= 0.3 is 0 Å². The molecule has 1 amide bonds. The van der Waals surface area contributed by atoms with Crippen molar-refractivity contribution in [3.05, 3.63) is 29.3 Å². The van der Waals surface area contributed by atoms with E-state index in [2.05, 4.69) is 0 Å². The van der Waals surface area contributed by atoms with E-state index in [1.807, 2.05) is 19.0 Å². The van der Waals surface area contributed by atoms with E-state index < -0.39 is 34.9 Å². The van der Waals surface area contributed by atoms with Gasteiger partial charge in [-0.05, 0) is 32.6 Å². The molecule has 7 heteroatoms. The molecule has 1 heterocycles. The van der Waals surface area contributed by atoms with Gasteiger partial charge in [-0.25, -0.2) is 8.78 Å². The number of nitrogens with two attached hydrogens (primary N) is 1. The average Bonchev–Trinajstić information content (AvgIpc) is 2.73. The van der Waals surface area contributed by atoms with Crippen LogP contribution in [0, 0.1) is 11.6 Å². The highest BCUT2D eigenvalue weighted by atomic mass is 19.1. The summed E-state index contributed by atoms with van der Waals surface area (Å²) in [6.07, 6.45) is -0.246. The Kier molecular flexibility index (Phi) is 4.43. The summed E-state index contributed by atoms with van der Waals surface area (Å²) in [4.78, 5) is 15.7. The second kappa shape index (κ2) is 5.95. The predicted molar refractivity (Wildman–Crippen MR) is 74.8 cm³/mol. The number of nitrogens with zero attached hydrogens (tertiary/aromatic N) is 2. The van der Waals surface area contributed by atoms with Crippen LogP contribution in [0.15, 0.2) is 12.1 Å². The molecule has 0 aromatic heterocycles. The van der Waals surface area contributed by atoms with Crippen LogP contribution in [0.3, 0.4) is 0 Å². The van der Waals surface area contributed by atoms with Crippen LogP contribution in [0.1, 0.15) is 16.8 Å². The number of halogens is 2. The van der Waals surface area contributed by atoms with Gasteiger partial charge in [-0.2, -0.15) is 0 Å². The molecule has 21 heavy (non-hydrogen) atoms. The Hall–Kier alpha value is -1.73. The standard InChI is InChI=1S/C14H19F2N3O2/c1-18(2)6-9-5-10(20)7-19(9)14(21)11-3-8(15)4-12(17)13(11)16/h3-4,9-10,20H,5-7,17H2,1-2H3.